The Hall–Kier alpha value is -1.42. The van der Waals surface area contributed by atoms with Crippen molar-refractivity contribution in [3.05, 3.63) is 29.6 Å². The molecule has 114 valence electrons. The van der Waals surface area contributed by atoms with Gasteiger partial charge in [0.05, 0.1) is 6.10 Å². The minimum Gasteiger partial charge on any atom is -0.393 e. The number of pyridine rings is 1. The molecule has 1 amide bonds. The van der Waals surface area contributed by atoms with Crippen LogP contribution in [0.1, 0.15) is 54.6 Å². The molecule has 0 aromatic carbocycles. The van der Waals surface area contributed by atoms with E-state index in [9.17, 15) is 9.90 Å². The molecule has 1 aliphatic carbocycles. The van der Waals surface area contributed by atoms with Crippen LogP contribution in [0.25, 0.3) is 0 Å². The number of carbonyl (C=O) groups is 1. The summed E-state index contributed by atoms with van der Waals surface area (Å²) in [4.78, 5) is 19.0. The Balaban J connectivity index is 1.80. The Kier molecular flexibility index (Phi) is 4.24. The number of hydrogen-bond acceptors (Lipinski definition) is 3. The summed E-state index contributed by atoms with van der Waals surface area (Å²) in [5.74, 6) is 0.280. The van der Waals surface area contributed by atoms with Gasteiger partial charge in [-0.1, -0.05) is 18.9 Å². The number of aryl methyl sites for hydroxylation is 1. The molecule has 0 radical (unpaired) electrons. The van der Waals surface area contributed by atoms with Crippen molar-refractivity contribution in [3.63, 3.8) is 0 Å². The van der Waals surface area contributed by atoms with Gasteiger partial charge in [0.1, 0.15) is 5.69 Å². The van der Waals surface area contributed by atoms with Crippen LogP contribution in [0.4, 0.5) is 0 Å². The van der Waals surface area contributed by atoms with Gasteiger partial charge in [-0.25, -0.2) is 0 Å². The normalized spacial score (nSPS) is 29.6. The third-order valence-corrected chi connectivity index (χ3v) is 5.05. The fourth-order valence-electron chi connectivity index (χ4n) is 3.92. The zero-order chi connectivity index (χ0) is 14.8. The Morgan fingerprint density at radius 1 is 1.29 bits per heavy atom. The first-order valence-electron chi connectivity index (χ1n) is 8.09. The summed E-state index contributed by atoms with van der Waals surface area (Å²) in [6.07, 6.45) is 7.68. The predicted octanol–water partition coefficient (Wildman–Crippen LogP) is 2.55. The lowest BCUT2D eigenvalue weighted by molar-refractivity contribution is 0.0209. The van der Waals surface area contributed by atoms with Crippen LogP contribution in [-0.2, 0) is 0 Å². The Morgan fingerprint density at radius 3 is 2.86 bits per heavy atom. The van der Waals surface area contributed by atoms with Gasteiger partial charge in [-0.15, -0.1) is 0 Å². The highest BCUT2D eigenvalue weighted by Crippen LogP contribution is 2.35. The van der Waals surface area contributed by atoms with Crippen molar-refractivity contribution in [2.75, 3.05) is 6.54 Å². The zero-order valence-electron chi connectivity index (χ0n) is 12.7. The molecule has 4 nitrogen and oxygen atoms in total. The molecule has 1 aromatic rings. The number of aliphatic hydroxyl groups excluding tert-OH is 1. The number of rotatable bonds is 2. The molecule has 3 rings (SSSR count). The van der Waals surface area contributed by atoms with E-state index in [1.807, 2.05) is 24.0 Å². The van der Waals surface area contributed by atoms with Gasteiger partial charge in [-0.05, 0) is 44.2 Å². The number of aliphatic hydroxyl groups is 1. The average molecular weight is 288 g/mol. The van der Waals surface area contributed by atoms with Crippen LogP contribution in [0.15, 0.2) is 18.3 Å². The average Bonchev–Trinajstić information content (AvgIpc) is 2.97. The lowest BCUT2D eigenvalue weighted by Gasteiger charge is -2.37. The molecular weight excluding hydrogens is 264 g/mol. The van der Waals surface area contributed by atoms with Crippen molar-refractivity contribution >= 4 is 5.91 Å². The van der Waals surface area contributed by atoms with E-state index in [0.29, 0.717) is 5.69 Å². The van der Waals surface area contributed by atoms with Gasteiger partial charge in [-0.2, -0.15) is 0 Å². The second kappa shape index (κ2) is 6.14. The van der Waals surface area contributed by atoms with E-state index in [1.54, 1.807) is 6.20 Å². The van der Waals surface area contributed by atoms with Crippen molar-refractivity contribution < 1.29 is 9.90 Å². The second-order valence-electron chi connectivity index (χ2n) is 6.39. The first-order valence-corrected chi connectivity index (χ1v) is 8.09. The molecule has 0 spiro atoms. The maximum absolute atomic E-state index is 12.8. The van der Waals surface area contributed by atoms with E-state index in [1.165, 1.54) is 6.42 Å². The minimum absolute atomic E-state index is 0.0355. The number of carbonyl (C=O) groups excluding carboxylic acids is 1. The Bertz CT molecular complexity index is 517. The first kappa shape index (κ1) is 14.5. The highest BCUT2D eigenvalue weighted by Gasteiger charge is 2.39. The topological polar surface area (TPSA) is 53.4 Å². The van der Waals surface area contributed by atoms with Crippen molar-refractivity contribution in [1.29, 1.82) is 0 Å². The van der Waals surface area contributed by atoms with Crippen LogP contribution in [0.3, 0.4) is 0 Å². The summed E-state index contributed by atoms with van der Waals surface area (Å²) < 4.78 is 0. The number of likely N-dealkylation sites (tertiary alicyclic amines) is 1. The van der Waals surface area contributed by atoms with Gasteiger partial charge in [0, 0.05) is 24.7 Å². The van der Waals surface area contributed by atoms with E-state index < -0.39 is 0 Å². The Morgan fingerprint density at radius 2 is 2.10 bits per heavy atom. The molecule has 21 heavy (non-hydrogen) atoms. The van der Waals surface area contributed by atoms with E-state index in [-0.39, 0.29) is 24.0 Å². The summed E-state index contributed by atoms with van der Waals surface area (Å²) in [6, 6.07) is 3.98. The number of aromatic nitrogens is 1. The van der Waals surface area contributed by atoms with Crippen molar-refractivity contribution in [2.24, 2.45) is 5.92 Å². The summed E-state index contributed by atoms with van der Waals surface area (Å²) in [5.41, 5.74) is 1.49. The van der Waals surface area contributed by atoms with Crippen LogP contribution < -0.4 is 0 Å². The third-order valence-electron chi connectivity index (χ3n) is 5.05. The zero-order valence-corrected chi connectivity index (χ0v) is 12.7. The van der Waals surface area contributed by atoms with Crippen LogP contribution in [0, 0.1) is 12.8 Å². The molecule has 3 unspecified atom stereocenters. The number of nitrogens with zero attached hydrogens (tertiary/aromatic N) is 2. The molecule has 0 bridgehead atoms. The molecule has 1 aromatic heterocycles. The standard InChI is InChI=1S/C17H24N2O2/c1-12-6-4-10-18-16(12)17(21)19-11-5-8-14(19)13-7-2-3-9-15(13)20/h4,6,10,13-15,20H,2-3,5,7-9,11H2,1H3. The van der Waals surface area contributed by atoms with Crippen LogP contribution in [-0.4, -0.2) is 39.6 Å². The van der Waals surface area contributed by atoms with Gasteiger partial charge in [-0.3, -0.25) is 9.78 Å². The van der Waals surface area contributed by atoms with Gasteiger partial charge in [0.2, 0.25) is 0 Å². The fraction of sp³-hybridized carbons (Fsp3) is 0.647. The SMILES string of the molecule is Cc1cccnc1C(=O)N1CCCC1C1CCCCC1O. The van der Waals surface area contributed by atoms with Crippen molar-refractivity contribution in [3.8, 4) is 0 Å². The monoisotopic (exact) mass is 288 g/mol. The highest BCUT2D eigenvalue weighted by atomic mass is 16.3. The Labute approximate surface area is 126 Å². The molecule has 1 saturated carbocycles. The van der Waals surface area contributed by atoms with Crippen LogP contribution in [0.5, 0.6) is 0 Å². The lowest BCUT2D eigenvalue weighted by atomic mass is 9.80. The summed E-state index contributed by atoms with van der Waals surface area (Å²) in [5, 5.41) is 10.3. The number of amides is 1. The maximum atomic E-state index is 12.8. The van der Waals surface area contributed by atoms with Gasteiger partial charge in [0.25, 0.3) is 5.91 Å². The van der Waals surface area contributed by atoms with Gasteiger partial charge < -0.3 is 10.0 Å². The molecule has 2 aliphatic rings. The molecule has 4 heteroatoms. The molecule has 1 N–H and O–H groups in total. The number of hydrogen-bond donors (Lipinski definition) is 1. The largest absolute Gasteiger partial charge is 0.393 e. The maximum Gasteiger partial charge on any atom is 0.272 e. The summed E-state index contributed by atoms with van der Waals surface area (Å²) in [7, 11) is 0. The van der Waals surface area contributed by atoms with Crippen LogP contribution >= 0.6 is 0 Å². The minimum atomic E-state index is -0.248. The predicted molar refractivity (Wildman–Crippen MR) is 81.0 cm³/mol. The highest BCUT2D eigenvalue weighted by molar-refractivity contribution is 5.94. The van der Waals surface area contributed by atoms with E-state index in [0.717, 1.165) is 44.2 Å². The van der Waals surface area contributed by atoms with E-state index >= 15 is 0 Å². The fourth-order valence-corrected chi connectivity index (χ4v) is 3.92. The van der Waals surface area contributed by atoms with Gasteiger partial charge in [0.15, 0.2) is 0 Å². The first-order chi connectivity index (χ1) is 10.2. The van der Waals surface area contributed by atoms with E-state index in [2.05, 4.69) is 4.98 Å². The van der Waals surface area contributed by atoms with Crippen molar-refractivity contribution in [1.82, 2.24) is 9.88 Å². The molecule has 1 saturated heterocycles. The van der Waals surface area contributed by atoms with Crippen LogP contribution in [0.2, 0.25) is 0 Å². The smallest absolute Gasteiger partial charge is 0.272 e. The molecule has 2 heterocycles. The lowest BCUT2D eigenvalue weighted by Crippen LogP contribution is -2.45. The third kappa shape index (κ3) is 2.82. The molecular formula is C17H24N2O2. The second-order valence-corrected chi connectivity index (χ2v) is 6.39. The van der Waals surface area contributed by atoms with Gasteiger partial charge >= 0.3 is 0 Å². The molecule has 1 aliphatic heterocycles. The quantitative estimate of drug-likeness (QED) is 0.910. The molecule has 3 atom stereocenters. The summed E-state index contributed by atoms with van der Waals surface area (Å²) >= 11 is 0. The van der Waals surface area contributed by atoms with E-state index in [4.69, 9.17) is 0 Å². The molecule has 2 fully saturated rings. The summed E-state index contributed by atoms with van der Waals surface area (Å²) in [6.45, 7) is 2.73. The van der Waals surface area contributed by atoms with Crippen molar-refractivity contribution in [2.45, 2.75) is 57.6 Å².